The van der Waals surface area contributed by atoms with Crippen molar-refractivity contribution in [3.63, 3.8) is 0 Å². The summed E-state index contributed by atoms with van der Waals surface area (Å²) in [4.78, 5) is 28.7. The highest BCUT2D eigenvalue weighted by molar-refractivity contribution is 7.17. The summed E-state index contributed by atoms with van der Waals surface area (Å²) in [6.07, 6.45) is 1.80. The highest BCUT2D eigenvalue weighted by atomic mass is 32.1. The molecule has 2 rings (SSSR count). The maximum atomic E-state index is 13.9. The minimum atomic E-state index is -0.875. The van der Waals surface area contributed by atoms with Crippen molar-refractivity contribution in [3.8, 4) is 5.75 Å². The van der Waals surface area contributed by atoms with Crippen LogP contribution in [0.25, 0.3) is 0 Å². The average molecular weight is 380 g/mol. The van der Waals surface area contributed by atoms with Crippen LogP contribution in [0.1, 0.15) is 28.1 Å². The quantitative estimate of drug-likeness (QED) is 0.277. The van der Waals surface area contributed by atoms with Crippen LogP contribution in [0.4, 0.5) is 9.52 Å². The van der Waals surface area contributed by atoms with Crippen molar-refractivity contribution in [3.05, 3.63) is 40.7 Å². The molecule has 0 unspecified atom stereocenters. The van der Waals surface area contributed by atoms with E-state index in [4.69, 9.17) is 21.0 Å². The van der Waals surface area contributed by atoms with E-state index >= 15 is 0 Å². The predicted octanol–water partition coefficient (Wildman–Crippen LogP) is 2.09. The average Bonchev–Trinajstić information content (AvgIpc) is 3.06. The molecule has 0 bridgehead atoms. The van der Waals surface area contributed by atoms with E-state index in [0.29, 0.717) is 18.1 Å². The van der Waals surface area contributed by atoms with Crippen molar-refractivity contribution >= 4 is 34.2 Å². The highest BCUT2D eigenvalue weighted by Crippen LogP contribution is 2.25. The second kappa shape index (κ2) is 8.39. The molecule has 0 atom stereocenters. The molecule has 2 aromatic rings. The Kier molecular flexibility index (Phi) is 6.23. The van der Waals surface area contributed by atoms with Gasteiger partial charge in [0.15, 0.2) is 16.7 Å². The summed E-state index contributed by atoms with van der Waals surface area (Å²) in [5.41, 5.74) is 5.46. The number of carbonyl (C=O) groups excluding carboxylic acids is 1. The lowest BCUT2D eigenvalue weighted by molar-refractivity contribution is -0.137. The molecule has 8 nitrogen and oxygen atoms in total. The van der Waals surface area contributed by atoms with E-state index in [1.165, 1.54) is 18.3 Å². The molecular formula is C16H17FN4O4S. The van der Waals surface area contributed by atoms with Gasteiger partial charge in [0.05, 0.1) is 6.20 Å². The van der Waals surface area contributed by atoms with Gasteiger partial charge in [0.1, 0.15) is 10.7 Å². The molecule has 26 heavy (non-hydrogen) atoms. The number of aromatic nitrogens is 1. The number of ether oxygens (including phenoxy) is 1. The maximum absolute atomic E-state index is 13.9. The van der Waals surface area contributed by atoms with Crippen molar-refractivity contribution in [2.75, 3.05) is 18.5 Å². The first-order chi connectivity index (χ1) is 12.3. The van der Waals surface area contributed by atoms with Crippen LogP contribution in [0.15, 0.2) is 24.4 Å². The van der Waals surface area contributed by atoms with Crippen LogP contribution in [0.2, 0.25) is 0 Å². The SMILES string of the molecule is CN(CCCC(=O)O)c1ncc(C(=O)Oc2ccc(C(=N)N)cc2F)s1. The number of amidine groups is 1. The number of carboxylic acid groups (broad SMARTS) is 1. The first kappa shape index (κ1) is 19.3. The summed E-state index contributed by atoms with van der Waals surface area (Å²) < 4.78 is 18.9. The Labute approximate surface area is 152 Å². The molecule has 1 heterocycles. The zero-order valence-corrected chi connectivity index (χ0v) is 14.7. The van der Waals surface area contributed by atoms with Gasteiger partial charge in [-0.3, -0.25) is 10.2 Å². The molecule has 0 saturated carbocycles. The van der Waals surface area contributed by atoms with Gasteiger partial charge in [-0.05, 0) is 24.6 Å². The molecule has 0 aliphatic heterocycles. The zero-order valence-electron chi connectivity index (χ0n) is 13.9. The minimum Gasteiger partial charge on any atom is -0.481 e. The van der Waals surface area contributed by atoms with E-state index in [-0.39, 0.29) is 28.4 Å². The Morgan fingerprint density at radius 2 is 2.19 bits per heavy atom. The molecule has 138 valence electrons. The van der Waals surface area contributed by atoms with E-state index in [2.05, 4.69) is 4.98 Å². The number of anilines is 1. The van der Waals surface area contributed by atoms with Crippen LogP contribution in [-0.2, 0) is 4.79 Å². The monoisotopic (exact) mass is 380 g/mol. The zero-order chi connectivity index (χ0) is 19.3. The standard InChI is InChI=1S/C16H17FN4O4S/c1-21(6-2-3-13(22)23)16-20-8-12(26-16)15(24)25-11-5-4-9(14(18)19)7-10(11)17/h4-5,7-8H,2-3,6H2,1H3,(H3,18,19)(H,22,23). The molecule has 0 radical (unpaired) electrons. The van der Waals surface area contributed by atoms with Gasteiger partial charge in [-0.15, -0.1) is 0 Å². The maximum Gasteiger partial charge on any atom is 0.355 e. The fourth-order valence-electron chi connectivity index (χ4n) is 2.00. The normalized spacial score (nSPS) is 10.4. The van der Waals surface area contributed by atoms with Gasteiger partial charge >= 0.3 is 11.9 Å². The van der Waals surface area contributed by atoms with Crippen LogP contribution < -0.4 is 15.4 Å². The number of hydrogen-bond donors (Lipinski definition) is 3. The fraction of sp³-hybridized carbons (Fsp3) is 0.250. The molecular weight excluding hydrogens is 363 g/mol. The van der Waals surface area contributed by atoms with E-state index < -0.39 is 17.8 Å². The number of nitrogens with zero attached hydrogens (tertiary/aromatic N) is 2. The number of nitrogen functional groups attached to an aromatic ring is 1. The first-order valence-electron chi connectivity index (χ1n) is 7.53. The number of aliphatic carboxylic acids is 1. The smallest absolute Gasteiger partial charge is 0.355 e. The molecule has 0 aliphatic carbocycles. The number of rotatable bonds is 8. The third-order valence-corrected chi connectivity index (χ3v) is 4.44. The lowest BCUT2D eigenvalue weighted by Crippen LogP contribution is -2.18. The number of carboxylic acids is 1. The minimum absolute atomic E-state index is 0.0418. The van der Waals surface area contributed by atoms with Gasteiger partial charge in [-0.1, -0.05) is 11.3 Å². The fourth-order valence-corrected chi connectivity index (χ4v) is 2.78. The Balaban J connectivity index is 2.01. The Morgan fingerprint density at radius 1 is 1.46 bits per heavy atom. The van der Waals surface area contributed by atoms with Crippen LogP contribution >= 0.6 is 11.3 Å². The van der Waals surface area contributed by atoms with Crippen LogP contribution in [0.5, 0.6) is 5.75 Å². The van der Waals surface area contributed by atoms with E-state index in [9.17, 15) is 14.0 Å². The number of nitrogens with two attached hydrogens (primary N) is 1. The second-order valence-electron chi connectivity index (χ2n) is 5.37. The van der Waals surface area contributed by atoms with Gasteiger partial charge in [0.2, 0.25) is 0 Å². The van der Waals surface area contributed by atoms with Crippen LogP contribution in [0, 0.1) is 11.2 Å². The topological polar surface area (TPSA) is 130 Å². The van der Waals surface area contributed by atoms with Gasteiger partial charge in [0.25, 0.3) is 0 Å². The first-order valence-corrected chi connectivity index (χ1v) is 8.34. The molecule has 0 aliphatic rings. The molecule has 10 heteroatoms. The summed E-state index contributed by atoms with van der Waals surface area (Å²) in [6.45, 7) is 0.468. The molecule has 4 N–H and O–H groups in total. The van der Waals surface area contributed by atoms with Crippen molar-refractivity contribution in [1.82, 2.24) is 4.98 Å². The third kappa shape index (κ3) is 4.99. The van der Waals surface area contributed by atoms with E-state index in [1.54, 1.807) is 11.9 Å². The van der Waals surface area contributed by atoms with Gasteiger partial charge in [-0.25, -0.2) is 14.2 Å². The van der Waals surface area contributed by atoms with Crippen LogP contribution in [0.3, 0.4) is 0 Å². The van der Waals surface area contributed by atoms with Crippen molar-refractivity contribution in [1.29, 1.82) is 5.41 Å². The van der Waals surface area contributed by atoms with Gasteiger partial charge < -0.3 is 20.5 Å². The van der Waals surface area contributed by atoms with Crippen LogP contribution in [-0.4, -0.2) is 41.5 Å². The van der Waals surface area contributed by atoms with E-state index in [1.807, 2.05) is 0 Å². The summed E-state index contributed by atoms with van der Waals surface area (Å²) in [6, 6.07) is 3.62. The van der Waals surface area contributed by atoms with Gasteiger partial charge in [-0.2, -0.15) is 0 Å². The molecule has 1 aromatic heterocycles. The summed E-state index contributed by atoms with van der Waals surface area (Å²) in [5.74, 6) is -3.01. The molecule has 1 aromatic carbocycles. The number of carbonyl (C=O) groups is 2. The summed E-state index contributed by atoms with van der Waals surface area (Å²) in [5, 5.41) is 16.4. The van der Waals surface area contributed by atoms with Crippen molar-refractivity contribution in [2.45, 2.75) is 12.8 Å². The number of benzene rings is 1. The Hall–Kier alpha value is -3.01. The number of esters is 1. The number of thiazole rings is 1. The molecule has 0 amide bonds. The number of nitrogens with one attached hydrogen (secondary N) is 1. The lowest BCUT2D eigenvalue weighted by atomic mass is 10.2. The van der Waals surface area contributed by atoms with Crippen molar-refractivity contribution < 1.29 is 23.8 Å². The summed E-state index contributed by atoms with van der Waals surface area (Å²) >= 11 is 1.06. The molecule has 0 saturated heterocycles. The second-order valence-corrected chi connectivity index (χ2v) is 6.38. The third-order valence-electron chi connectivity index (χ3n) is 3.35. The van der Waals surface area contributed by atoms with Crippen molar-refractivity contribution in [2.24, 2.45) is 5.73 Å². The number of hydrogen-bond acceptors (Lipinski definition) is 7. The molecule has 0 fully saturated rings. The van der Waals surface area contributed by atoms with E-state index in [0.717, 1.165) is 17.4 Å². The predicted molar refractivity (Wildman–Crippen MR) is 94.6 cm³/mol. The van der Waals surface area contributed by atoms with Gasteiger partial charge in [0, 0.05) is 25.6 Å². The largest absolute Gasteiger partial charge is 0.481 e. The Morgan fingerprint density at radius 3 is 2.81 bits per heavy atom. The highest BCUT2D eigenvalue weighted by Gasteiger charge is 2.17. The Bertz CT molecular complexity index is 839. The lowest BCUT2D eigenvalue weighted by Gasteiger charge is -2.14. The summed E-state index contributed by atoms with van der Waals surface area (Å²) in [7, 11) is 1.73. The molecule has 0 spiro atoms. The number of halogens is 1.